The van der Waals surface area contributed by atoms with Crippen molar-refractivity contribution >= 4 is 62.4 Å². The Morgan fingerprint density at radius 3 is 1.62 bits per heavy atom. The molecule has 0 atom stereocenters. The van der Waals surface area contributed by atoms with Crippen molar-refractivity contribution in [3.8, 4) is 0 Å². The first-order valence-corrected chi connectivity index (χ1v) is 17.5. The number of aryl methyl sites for hydroxylation is 3. The summed E-state index contributed by atoms with van der Waals surface area (Å²) in [5, 5.41) is 18.9. The second-order valence-corrected chi connectivity index (χ2v) is 12.6. The zero-order valence-electron chi connectivity index (χ0n) is 31.6. The van der Waals surface area contributed by atoms with E-state index in [2.05, 4.69) is 23.1 Å². The molecule has 10 nitrogen and oxygen atoms in total. The van der Waals surface area contributed by atoms with Crippen LogP contribution in [0.3, 0.4) is 0 Å². The van der Waals surface area contributed by atoms with Crippen LogP contribution in [0.15, 0.2) is 105 Å². The van der Waals surface area contributed by atoms with Gasteiger partial charge in [-0.15, -0.1) is 22.1 Å². The zero-order chi connectivity index (χ0) is 38.8. The molecule has 0 saturated carbocycles. The van der Waals surface area contributed by atoms with E-state index in [9.17, 15) is 19.8 Å². The molecular formula is C44H42Fe2N6O4. The summed E-state index contributed by atoms with van der Waals surface area (Å²) < 4.78 is 0. The molecule has 0 unspecified atom stereocenters. The van der Waals surface area contributed by atoms with E-state index in [-0.39, 0.29) is 47.0 Å². The number of carboxylic acid groups (broad SMARTS) is 2. The normalized spacial score (nSPS) is 11.5. The van der Waals surface area contributed by atoms with E-state index in [1.54, 1.807) is 36.9 Å². The summed E-state index contributed by atoms with van der Waals surface area (Å²) in [6.45, 7) is 15.9. The molecule has 0 radical (unpaired) electrons. The van der Waals surface area contributed by atoms with Gasteiger partial charge in [0, 0.05) is 60.3 Å². The number of allylic oxidation sites excluding steroid dienone is 5. The Hall–Kier alpha value is -5.64. The molecule has 5 aromatic rings. The van der Waals surface area contributed by atoms with E-state index in [0.29, 0.717) is 40.8 Å². The fourth-order valence-electron chi connectivity index (χ4n) is 6.24. The first-order chi connectivity index (χ1) is 26.0. The molecule has 0 aromatic carbocycles. The number of aromatic nitrogens is 6. The van der Waals surface area contributed by atoms with Gasteiger partial charge in [-0.05, 0) is 87.1 Å². The minimum Gasteiger partial charge on any atom is -0.657 e. The van der Waals surface area contributed by atoms with E-state index < -0.39 is 11.9 Å². The number of carboxylic acids is 2. The molecule has 7 rings (SSSR count). The van der Waals surface area contributed by atoms with Crippen LogP contribution in [0.1, 0.15) is 78.1 Å². The molecule has 0 aliphatic carbocycles. The third kappa shape index (κ3) is 10.8. The number of nitrogens with zero attached hydrogens (tertiary/aromatic N) is 6. The number of carbonyl (C=O) groups is 2. The number of aliphatic carboxylic acids is 2. The largest absolute Gasteiger partial charge is 2.00 e. The molecule has 12 heteroatoms. The van der Waals surface area contributed by atoms with Crippen molar-refractivity contribution in [1.82, 2.24) is 29.9 Å². The summed E-state index contributed by atoms with van der Waals surface area (Å²) in [7, 11) is 0. The standard InChI is InChI=1S/C34H34N4O4.2C5H5N.2Fe/c1-7-21-17(3)25-13-26-19(5)23(9-11-33(39)40)31(37-26)16-32-24(10-12-34(41)42)20(6)28(38-32)15-30-22(8-2)18(4)27(36-30)14-29(21)35-25;2*1-2-4-6-5-3-1;;/h7-8,13-16H,1-2,9-12H2,3-6H3,(H4,35,36,37,38,39,40,41,42);2*1-5H;;/q;;;;+2/p-2. The minimum absolute atomic E-state index is 0. The van der Waals surface area contributed by atoms with Crippen LogP contribution < -0.4 is 9.97 Å². The fourth-order valence-corrected chi connectivity index (χ4v) is 6.24. The van der Waals surface area contributed by atoms with Crippen molar-refractivity contribution in [1.29, 1.82) is 0 Å². The third-order valence-electron chi connectivity index (χ3n) is 9.20. The fraction of sp³-hybridized carbons (Fsp3) is 0.182. The van der Waals surface area contributed by atoms with Crippen LogP contribution in [0.25, 0.3) is 50.4 Å². The van der Waals surface area contributed by atoms with Gasteiger partial charge in [0.2, 0.25) is 0 Å². The van der Waals surface area contributed by atoms with Crippen molar-refractivity contribution in [2.75, 3.05) is 0 Å². The molecule has 0 amide bonds. The predicted molar refractivity (Wildman–Crippen MR) is 215 cm³/mol. The molecule has 2 aliphatic heterocycles. The van der Waals surface area contributed by atoms with Gasteiger partial charge in [-0.25, -0.2) is 9.97 Å². The van der Waals surface area contributed by atoms with E-state index in [0.717, 1.165) is 61.5 Å². The minimum atomic E-state index is -0.898. The van der Waals surface area contributed by atoms with Crippen LogP contribution in [0.2, 0.25) is 0 Å². The van der Waals surface area contributed by atoms with Crippen LogP contribution in [0.5, 0.6) is 0 Å². The van der Waals surface area contributed by atoms with E-state index in [1.165, 1.54) is 0 Å². The van der Waals surface area contributed by atoms with E-state index in [4.69, 9.17) is 19.9 Å². The summed E-state index contributed by atoms with van der Waals surface area (Å²) in [5.74, 6) is -1.80. The Labute approximate surface area is 347 Å². The number of pyridine rings is 2. The molecule has 8 bridgehead atoms. The Balaban J connectivity index is 0.000000511. The Bertz CT molecular complexity index is 2350. The Morgan fingerprint density at radius 1 is 0.625 bits per heavy atom. The summed E-state index contributed by atoms with van der Waals surface area (Å²) in [6, 6.07) is 19.0. The van der Waals surface area contributed by atoms with Gasteiger partial charge in [-0.2, -0.15) is 0 Å². The molecule has 2 N–H and O–H groups in total. The number of hydrogen-bond acceptors (Lipinski definition) is 6. The molecule has 7 heterocycles. The summed E-state index contributed by atoms with van der Waals surface area (Å²) in [5.41, 5.74) is 12.6. The van der Waals surface area contributed by atoms with Crippen molar-refractivity contribution in [3.63, 3.8) is 0 Å². The quantitative estimate of drug-likeness (QED) is 0.145. The van der Waals surface area contributed by atoms with Gasteiger partial charge in [0.1, 0.15) is 0 Å². The zero-order valence-corrected chi connectivity index (χ0v) is 33.8. The molecule has 288 valence electrons. The van der Waals surface area contributed by atoms with Crippen LogP contribution in [0, 0.1) is 13.8 Å². The van der Waals surface area contributed by atoms with Crippen molar-refractivity contribution in [2.45, 2.75) is 53.4 Å². The van der Waals surface area contributed by atoms with Gasteiger partial charge in [0.25, 0.3) is 0 Å². The number of hydrogen-bond donors (Lipinski definition) is 2. The molecule has 5 aromatic heterocycles. The monoisotopic (exact) mass is 830 g/mol. The molecule has 56 heavy (non-hydrogen) atoms. The SMILES string of the molecule is C=CC1=C(C)c2cc3[n-]c(cc4nc(cc5[n-]c(cc1n2)c(C)c5C=C)C(C)=C4CCC(=O)O)c(CCC(=O)O)c3C.[Fe+2].[Fe].c1ccncc1.c1ccncc1. The van der Waals surface area contributed by atoms with E-state index >= 15 is 0 Å². The van der Waals surface area contributed by atoms with Gasteiger partial charge in [0.15, 0.2) is 0 Å². The molecular weight excluding hydrogens is 788 g/mol. The van der Waals surface area contributed by atoms with Crippen LogP contribution in [-0.2, 0) is 50.1 Å². The second-order valence-electron chi connectivity index (χ2n) is 12.6. The van der Waals surface area contributed by atoms with Gasteiger partial charge in [-0.3, -0.25) is 19.6 Å². The molecule has 2 aliphatic rings. The summed E-state index contributed by atoms with van der Waals surface area (Å²) in [6.07, 6.45) is 11.1. The number of fused-ring (bicyclic) bond motifs is 8. The van der Waals surface area contributed by atoms with Crippen molar-refractivity contribution in [2.24, 2.45) is 0 Å². The first-order valence-electron chi connectivity index (χ1n) is 17.5. The van der Waals surface area contributed by atoms with Crippen molar-refractivity contribution in [3.05, 3.63) is 150 Å². The average molecular weight is 831 g/mol. The van der Waals surface area contributed by atoms with Crippen LogP contribution in [0.4, 0.5) is 0 Å². The molecule has 0 spiro atoms. The summed E-state index contributed by atoms with van der Waals surface area (Å²) >= 11 is 0. The van der Waals surface area contributed by atoms with Crippen molar-refractivity contribution < 1.29 is 53.9 Å². The maximum atomic E-state index is 11.5. The average Bonchev–Trinajstić information content (AvgIpc) is 3.84. The number of rotatable bonds is 8. The topological polar surface area (TPSA) is 154 Å². The molecule has 0 saturated heterocycles. The van der Waals surface area contributed by atoms with Crippen LogP contribution >= 0.6 is 0 Å². The second kappa shape index (κ2) is 20.9. The first kappa shape index (κ1) is 44.8. The molecule has 0 fully saturated rings. The van der Waals surface area contributed by atoms with Gasteiger partial charge < -0.3 is 20.2 Å². The smallest absolute Gasteiger partial charge is 0.657 e. The van der Waals surface area contributed by atoms with Crippen LogP contribution in [-0.4, -0.2) is 42.1 Å². The Morgan fingerprint density at radius 2 is 1.11 bits per heavy atom. The Kier molecular flexibility index (Phi) is 16.7. The van der Waals surface area contributed by atoms with E-state index in [1.807, 2.05) is 88.4 Å². The summed E-state index contributed by atoms with van der Waals surface area (Å²) in [4.78, 5) is 50.3. The maximum absolute atomic E-state index is 11.5. The predicted octanol–water partition coefficient (Wildman–Crippen LogP) is 8.92. The maximum Gasteiger partial charge on any atom is 2.00 e. The third-order valence-corrected chi connectivity index (χ3v) is 9.20. The van der Waals surface area contributed by atoms with Gasteiger partial charge in [0.05, 0.1) is 22.8 Å². The van der Waals surface area contributed by atoms with Gasteiger partial charge >= 0.3 is 29.0 Å². The van der Waals surface area contributed by atoms with Gasteiger partial charge in [-0.1, -0.05) is 78.4 Å².